The lowest BCUT2D eigenvalue weighted by Gasteiger charge is -2.10. The molecule has 26 heavy (non-hydrogen) atoms. The Morgan fingerprint density at radius 3 is 2.65 bits per heavy atom. The predicted octanol–water partition coefficient (Wildman–Crippen LogP) is 4.27. The molecular weight excluding hydrogens is 394 g/mol. The summed E-state index contributed by atoms with van der Waals surface area (Å²) in [6.45, 7) is 3.15. The Morgan fingerprint density at radius 2 is 1.92 bits per heavy atom. The molecule has 0 radical (unpaired) electrons. The normalized spacial score (nSPS) is 10.5. The fraction of sp³-hybridized carbons (Fsp3) is 0.200. The molecule has 0 aliphatic carbocycles. The van der Waals surface area contributed by atoms with E-state index in [0.29, 0.717) is 25.4 Å². The predicted molar refractivity (Wildman–Crippen MR) is 105 cm³/mol. The molecule has 134 valence electrons. The Morgan fingerprint density at radius 1 is 1.15 bits per heavy atom. The van der Waals surface area contributed by atoms with E-state index in [0.717, 1.165) is 21.3 Å². The van der Waals surface area contributed by atoms with E-state index in [1.54, 1.807) is 16.9 Å². The smallest absolute Gasteiger partial charge is 0.229 e. The van der Waals surface area contributed by atoms with E-state index < -0.39 is 0 Å². The van der Waals surface area contributed by atoms with Crippen molar-refractivity contribution in [3.8, 4) is 5.75 Å². The first-order chi connectivity index (χ1) is 12.7. The number of carbonyl (C=O) groups excluding carboxylic acids is 1. The van der Waals surface area contributed by atoms with E-state index in [-0.39, 0.29) is 5.91 Å². The van der Waals surface area contributed by atoms with Crippen LogP contribution < -0.4 is 10.1 Å². The lowest BCUT2D eigenvalue weighted by Crippen LogP contribution is -2.18. The molecule has 2 aromatic carbocycles. The summed E-state index contributed by atoms with van der Waals surface area (Å²) in [6, 6.07) is 17.3. The zero-order chi connectivity index (χ0) is 18.4. The van der Waals surface area contributed by atoms with E-state index in [1.807, 2.05) is 55.5 Å². The molecule has 1 aromatic heterocycles. The SMILES string of the molecule is CCOc1ccc(CC(=O)Nc2ccnn2Cc2ccccc2Br)cc1. The topological polar surface area (TPSA) is 56.1 Å². The van der Waals surface area contributed by atoms with Crippen LogP contribution in [0.2, 0.25) is 0 Å². The Bertz CT molecular complexity index is 875. The van der Waals surface area contributed by atoms with Gasteiger partial charge in [-0.3, -0.25) is 4.79 Å². The highest BCUT2D eigenvalue weighted by Crippen LogP contribution is 2.19. The highest BCUT2D eigenvalue weighted by molar-refractivity contribution is 9.10. The number of halogens is 1. The van der Waals surface area contributed by atoms with Gasteiger partial charge in [0.25, 0.3) is 0 Å². The van der Waals surface area contributed by atoms with Crippen molar-refractivity contribution in [2.24, 2.45) is 0 Å². The summed E-state index contributed by atoms with van der Waals surface area (Å²) in [5, 5.41) is 7.24. The minimum Gasteiger partial charge on any atom is -0.494 e. The van der Waals surface area contributed by atoms with Gasteiger partial charge in [-0.1, -0.05) is 46.3 Å². The van der Waals surface area contributed by atoms with Gasteiger partial charge in [-0.05, 0) is 36.2 Å². The van der Waals surface area contributed by atoms with Crippen LogP contribution in [0.4, 0.5) is 5.82 Å². The molecule has 1 amide bonds. The molecule has 1 heterocycles. The Balaban J connectivity index is 1.63. The van der Waals surface area contributed by atoms with Crippen LogP contribution in [0.3, 0.4) is 0 Å². The summed E-state index contributed by atoms with van der Waals surface area (Å²) in [5.74, 6) is 1.41. The first-order valence-electron chi connectivity index (χ1n) is 8.42. The third-order valence-electron chi connectivity index (χ3n) is 3.86. The molecule has 0 spiro atoms. The van der Waals surface area contributed by atoms with Crippen molar-refractivity contribution in [2.45, 2.75) is 19.9 Å². The van der Waals surface area contributed by atoms with Gasteiger partial charge in [-0.2, -0.15) is 5.10 Å². The molecule has 0 aliphatic rings. The standard InChI is InChI=1S/C20H20BrN3O2/c1-2-26-17-9-7-15(8-10-17)13-20(25)23-19-11-12-22-24(19)14-16-5-3-4-6-18(16)21/h3-12H,2,13-14H2,1H3,(H,23,25). The van der Waals surface area contributed by atoms with Gasteiger partial charge < -0.3 is 10.1 Å². The van der Waals surface area contributed by atoms with Crippen LogP contribution in [0.5, 0.6) is 5.75 Å². The summed E-state index contributed by atoms with van der Waals surface area (Å²) < 4.78 is 8.21. The van der Waals surface area contributed by atoms with E-state index in [2.05, 4.69) is 26.3 Å². The second kappa shape index (κ2) is 8.67. The number of amides is 1. The van der Waals surface area contributed by atoms with Gasteiger partial charge in [0.15, 0.2) is 0 Å². The van der Waals surface area contributed by atoms with Crippen LogP contribution in [0.1, 0.15) is 18.1 Å². The van der Waals surface area contributed by atoms with Gasteiger partial charge in [0.2, 0.25) is 5.91 Å². The van der Waals surface area contributed by atoms with Crippen LogP contribution in [0, 0.1) is 0 Å². The average Bonchev–Trinajstić information content (AvgIpc) is 3.05. The molecule has 0 aliphatic heterocycles. The lowest BCUT2D eigenvalue weighted by molar-refractivity contribution is -0.115. The van der Waals surface area contributed by atoms with Gasteiger partial charge in [-0.15, -0.1) is 0 Å². The lowest BCUT2D eigenvalue weighted by atomic mass is 10.1. The van der Waals surface area contributed by atoms with Crippen molar-refractivity contribution in [1.82, 2.24) is 9.78 Å². The van der Waals surface area contributed by atoms with Crippen molar-refractivity contribution in [3.63, 3.8) is 0 Å². The number of carbonyl (C=O) groups is 1. The fourth-order valence-electron chi connectivity index (χ4n) is 2.60. The molecule has 0 unspecified atom stereocenters. The Hall–Kier alpha value is -2.60. The summed E-state index contributed by atoms with van der Waals surface area (Å²) in [7, 11) is 0. The van der Waals surface area contributed by atoms with Gasteiger partial charge >= 0.3 is 0 Å². The first kappa shape index (κ1) is 18.2. The number of benzene rings is 2. The molecule has 1 N–H and O–H groups in total. The number of nitrogens with one attached hydrogen (secondary N) is 1. The number of hydrogen-bond donors (Lipinski definition) is 1. The van der Waals surface area contributed by atoms with Crippen molar-refractivity contribution in [1.29, 1.82) is 0 Å². The third-order valence-corrected chi connectivity index (χ3v) is 4.63. The van der Waals surface area contributed by atoms with Gasteiger partial charge in [-0.25, -0.2) is 4.68 Å². The third kappa shape index (κ3) is 4.73. The van der Waals surface area contributed by atoms with E-state index in [9.17, 15) is 4.79 Å². The minimum atomic E-state index is -0.0805. The van der Waals surface area contributed by atoms with Crippen LogP contribution in [-0.4, -0.2) is 22.3 Å². The number of ether oxygens (including phenoxy) is 1. The van der Waals surface area contributed by atoms with Crippen LogP contribution in [0.25, 0.3) is 0 Å². The highest BCUT2D eigenvalue weighted by Gasteiger charge is 2.10. The minimum absolute atomic E-state index is 0.0805. The largest absolute Gasteiger partial charge is 0.494 e. The van der Waals surface area contributed by atoms with Crippen molar-refractivity contribution < 1.29 is 9.53 Å². The van der Waals surface area contributed by atoms with Crippen molar-refractivity contribution >= 4 is 27.7 Å². The summed E-state index contributed by atoms with van der Waals surface area (Å²) in [5.41, 5.74) is 2.03. The molecule has 0 atom stereocenters. The highest BCUT2D eigenvalue weighted by atomic mass is 79.9. The van der Waals surface area contributed by atoms with Gasteiger partial charge in [0.05, 0.1) is 25.8 Å². The number of anilines is 1. The number of nitrogens with zero attached hydrogens (tertiary/aromatic N) is 2. The Kier molecular flexibility index (Phi) is 6.07. The number of aromatic nitrogens is 2. The number of hydrogen-bond acceptors (Lipinski definition) is 3. The molecule has 3 aromatic rings. The van der Waals surface area contributed by atoms with E-state index >= 15 is 0 Å². The first-order valence-corrected chi connectivity index (χ1v) is 9.22. The molecule has 6 heteroatoms. The van der Waals surface area contributed by atoms with Gasteiger partial charge in [0.1, 0.15) is 11.6 Å². The second-order valence-electron chi connectivity index (χ2n) is 5.77. The zero-order valence-electron chi connectivity index (χ0n) is 14.5. The molecule has 0 bridgehead atoms. The summed E-state index contributed by atoms with van der Waals surface area (Å²) in [4.78, 5) is 12.4. The van der Waals surface area contributed by atoms with Crippen LogP contribution >= 0.6 is 15.9 Å². The quantitative estimate of drug-likeness (QED) is 0.628. The molecule has 0 saturated carbocycles. The van der Waals surface area contributed by atoms with E-state index in [1.165, 1.54) is 0 Å². The van der Waals surface area contributed by atoms with Crippen LogP contribution in [-0.2, 0) is 17.8 Å². The molecule has 0 fully saturated rings. The molecule has 5 nitrogen and oxygen atoms in total. The summed E-state index contributed by atoms with van der Waals surface area (Å²) >= 11 is 3.54. The maximum atomic E-state index is 12.4. The zero-order valence-corrected chi connectivity index (χ0v) is 16.1. The van der Waals surface area contributed by atoms with E-state index in [4.69, 9.17) is 4.74 Å². The average molecular weight is 414 g/mol. The fourth-order valence-corrected chi connectivity index (χ4v) is 3.01. The van der Waals surface area contributed by atoms with Crippen molar-refractivity contribution in [3.05, 3.63) is 76.4 Å². The molecular formula is C20H20BrN3O2. The van der Waals surface area contributed by atoms with Gasteiger partial charge in [0, 0.05) is 10.5 Å². The van der Waals surface area contributed by atoms with Crippen molar-refractivity contribution in [2.75, 3.05) is 11.9 Å². The number of rotatable bonds is 7. The maximum absolute atomic E-state index is 12.4. The summed E-state index contributed by atoms with van der Waals surface area (Å²) in [6.07, 6.45) is 1.98. The van der Waals surface area contributed by atoms with Crippen LogP contribution in [0.15, 0.2) is 65.3 Å². The maximum Gasteiger partial charge on any atom is 0.229 e. The monoisotopic (exact) mass is 413 g/mol. The molecule has 0 saturated heterocycles. The Labute approximate surface area is 161 Å². The second-order valence-corrected chi connectivity index (χ2v) is 6.62. The molecule has 3 rings (SSSR count).